The summed E-state index contributed by atoms with van der Waals surface area (Å²) in [5.41, 5.74) is 1.44. The number of piperazine rings is 1. The lowest BCUT2D eigenvalue weighted by Crippen LogP contribution is -2.43. The third-order valence-corrected chi connectivity index (χ3v) is 6.58. The van der Waals surface area contributed by atoms with Crippen LogP contribution in [0.3, 0.4) is 0 Å². The van der Waals surface area contributed by atoms with Crippen LogP contribution >= 0.6 is 11.6 Å². The third-order valence-electron chi connectivity index (χ3n) is 5.71. The summed E-state index contributed by atoms with van der Waals surface area (Å²) in [5.74, 6) is -3.24. The highest BCUT2D eigenvalue weighted by atomic mass is 35.5. The van der Waals surface area contributed by atoms with Gasteiger partial charge >= 0.3 is 0 Å². The molecule has 1 saturated heterocycles. The van der Waals surface area contributed by atoms with Crippen LogP contribution in [0, 0.1) is 11.6 Å². The fourth-order valence-electron chi connectivity index (χ4n) is 3.97. The molecular formula is C23H22ClF2N4O3S-. The van der Waals surface area contributed by atoms with E-state index in [0.717, 1.165) is 37.9 Å². The number of rotatable bonds is 8. The molecule has 0 saturated carbocycles. The van der Waals surface area contributed by atoms with Crippen LogP contribution in [0.2, 0.25) is 5.02 Å². The number of hydrogen-bond acceptors (Lipinski definition) is 6. The fraction of sp³-hybridized carbons (Fsp3) is 0.304. The van der Waals surface area contributed by atoms with Gasteiger partial charge < -0.3 is 14.8 Å². The van der Waals surface area contributed by atoms with Crippen molar-refractivity contribution in [3.8, 4) is 0 Å². The molecule has 180 valence electrons. The molecule has 0 radical (unpaired) electrons. The fourth-order valence-corrected chi connectivity index (χ4v) is 4.60. The molecule has 34 heavy (non-hydrogen) atoms. The van der Waals surface area contributed by atoms with Crippen molar-refractivity contribution in [2.45, 2.75) is 12.8 Å². The van der Waals surface area contributed by atoms with Crippen LogP contribution in [0.5, 0.6) is 0 Å². The molecular weight excluding hydrogens is 486 g/mol. The molecule has 1 aliphatic heterocycles. The van der Waals surface area contributed by atoms with Gasteiger partial charge in [0.25, 0.3) is 0 Å². The van der Waals surface area contributed by atoms with Crippen molar-refractivity contribution in [1.29, 1.82) is 0 Å². The second-order valence-corrected chi connectivity index (χ2v) is 9.06. The molecule has 7 nitrogen and oxygen atoms in total. The molecule has 1 aliphatic rings. The number of hydrogen-bond donors (Lipinski definition) is 2. The van der Waals surface area contributed by atoms with E-state index in [1.165, 1.54) is 6.07 Å². The minimum atomic E-state index is -2.42. The molecule has 1 atom stereocenters. The number of carbonyl (C=O) groups is 1. The van der Waals surface area contributed by atoms with Crippen LogP contribution in [0.15, 0.2) is 36.5 Å². The van der Waals surface area contributed by atoms with Gasteiger partial charge in [-0.3, -0.25) is 14.0 Å². The number of aromatic nitrogens is 1. The van der Waals surface area contributed by atoms with Crippen molar-refractivity contribution in [1.82, 2.24) is 15.0 Å². The highest BCUT2D eigenvalue weighted by Gasteiger charge is 2.24. The van der Waals surface area contributed by atoms with E-state index in [1.807, 2.05) is 6.07 Å². The Kier molecular flexibility index (Phi) is 7.84. The summed E-state index contributed by atoms with van der Waals surface area (Å²) >= 11 is 3.90. The largest absolute Gasteiger partial charge is 0.760 e. The predicted molar refractivity (Wildman–Crippen MR) is 127 cm³/mol. The Morgan fingerprint density at radius 2 is 2.00 bits per heavy atom. The molecule has 1 unspecified atom stereocenters. The normalized spacial score (nSPS) is 15.0. The second kappa shape index (κ2) is 10.8. The average molecular weight is 508 g/mol. The molecule has 2 N–H and O–H groups in total. The Bertz CT molecular complexity index is 1250. The zero-order valence-electron chi connectivity index (χ0n) is 18.1. The number of fused-ring (bicyclic) bond motifs is 1. The Labute approximate surface area is 202 Å². The van der Waals surface area contributed by atoms with Crippen LogP contribution in [-0.4, -0.2) is 52.3 Å². The molecule has 11 heteroatoms. The number of nitrogens with one attached hydrogen (secondary N) is 2. The maximum atomic E-state index is 14.7. The Balaban J connectivity index is 1.64. The van der Waals surface area contributed by atoms with E-state index < -0.39 is 34.2 Å². The zero-order valence-corrected chi connectivity index (χ0v) is 19.6. The number of benzene rings is 2. The summed E-state index contributed by atoms with van der Waals surface area (Å²) < 4.78 is 52.4. The molecule has 3 aromatic rings. The summed E-state index contributed by atoms with van der Waals surface area (Å²) in [7, 11) is 0. The number of pyridine rings is 1. The summed E-state index contributed by atoms with van der Waals surface area (Å²) in [4.78, 5) is 19.9. The van der Waals surface area contributed by atoms with Gasteiger partial charge in [-0.2, -0.15) is 0 Å². The maximum Gasteiger partial charge on any atom is 0.197 e. The lowest BCUT2D eigenvalue weighted by molar-refractivity contribution is 0.103. The molecule has 2 heterocycles. The lowest BCUT2D eigenvalue weighted by atomic mass is 9.97. The SMILES string of the molecule is O=C(c1ccc2ncc(N3CCNCC3)cc2c1)c1c(F)c(F)cc(CCCNS(=O)[O-])c1Cl. The number of nitrogens with zero attached hydrogens (tertiary/aromatic N) is 2. The standard InChI is InChI=1S/C23H23ClF2N4O3S/c24-21-14(2-1-5-29-34(32)33)12-18(25)22(26)20(21)23(31)15-3-4-19-16(10-15)11-17(13-28-19)30-8-6-27-7-9-30/h3-4,10-13,27,29H,1-2,5-9H2,(H,32,33)/p-1. The number of ketones is 1. The molecule has 0 aliphatic carbocycles. The summed E-state index contributed by atoms with van der Waals surface area (Å²) in [6.45, 7) is 3.49. The Morgan fingerprint density at radius 1 is 1.24 bits per heavy atom. The van der Waals surface area contributed by atoms with Gasteiger partial charge in [0.2, 0.25) is 0 Å². The van der Waals surface area contributed by atoms with E-state index >= 15 is 0 Å². The first-order valence-corrected chi connectivity index (χ1v) is 12.2. The molecule has 1 aromatic heterocycles. The van der Waals surface area contributed by atoms with E-state index in [2.05, 4.69) is 19.9 Å². The Hall–Kier alpha value is -2.50. The van der Waals surface area contributed by atoms with Crippen molar-refractivity contribution in [3.63, 3.8) is 0 Å². The monoisotopic (exact) mass is 507 g/mol. The van der Waals surface area contributed by atoms with Gasteiger partial charge in [-0.05, 0) is 48.7 Å². The maximum absolute atomic E-state index is 14.7. The Morgan fingerprint density at radius 3 is 2.74 bits per heavy atom. The highest BCUT2D eigenvalue weighted by molar-refractivity contribution is 7.77. The summed E-state index contributed by atoms with van der Waals surface area (Å²) in [5, 5.41) is 3.81. The van der Waals surface area contributed by atoms with Gasteiger partial charge in [-0.25, -0.2) is 13.5 Å². The summed E-state index contributed by atoms with van der Waals surface area (Å²) in [6.07, 6.45) is 2.24. The number of aryl methyl sites for hydroxylation is 1. The summed E-state index contributed by atoms with van der Waals surface area (Å²) in [6, 6.07) is 7.63. The van der Waals surface area contributed by atoms with E-state index in [0.29, 0.717) is 17.3 Å². The van der Waals surface area contributed by atoms with Crippen molar-refractivity contribution in [2.75, 3.05) is 37.6 Å². The smallest absolute Gasteiger partial charge is 0.197 e. The molecule has 0 amide bonds. The van der Waals surface area contributed by atoms with E-state index in [9.17, 15) is 22.3 Å². The first-order chi connectivity index (χ1) is 16.3. The van der Waals surface area contributed by atoms with Crippen LogP contribution in [0.25, 0.3) is 10.9 Å². The minimum absolute atomic E-state index is 0.0990. The zero-order chi connectivity index (χ0) is 24.2. The van der Waals surface area contributed by atoms with E-state index in [-0.39, 0.29) is 29.1 Å². The van der Waals surface area contributed by atoms with Gasteiger partial charge in [-0.15, -0.1) is 0 Å². The topological polar surface area (TPSA) is 97.4 Å². The van der Waals surface area contributed by atoms with Gasteiger partial charge in [0.1, 0.15) is 0 Å². The average Bonchev–Trinajstić information content (AvgIpc) is 2.84. The van der Waals surface area contributed by atoms with Crippen LogP contribution in [0.4, 0.5) is 14.5 Å². The number of halogens is 3. The molecule has 0 bridgehead atoms. The highest BCUT2D eigenvalue weighted by Crippen LogP contribution is 2.30. The van der Waals surface area contributed by atoms with Crippen molar-refractivity contribution < 1.29 is 22.3 Å². The van der Waals surface area contributed by atoms with Crippen molar-refractivity contribution in [2.24, 2.45) is 0 Å². The van der Waals surface area contributed by atoms with E-state index in [1.54, 1.807) is 18.3 Å². The molecule has 1 fully saturated rings. The first-order valence-electron chi connectivity index (χ1n) is 10.7. The van der Waals surface area contributed by atoms with Crippen molar-refractivity contribution >= 4 is 45.2 Å². The quantitative estimate of drug-likeness (QED) is 0.210. The van der Waals surface area contributed by atoms with Crippen LogP contribution in [-0.2, 0) is 17.7 Å². The number of carbonyl (C=O) groups excluding carboxylic acids is 1. The van der Waals surface area contributed by atoms with Gasteiger partial charge in [0.15, 0.2) is 17.4 Å². The third kappa shape index (κ3) is 5.42. The van der Waals surface area contributed by atoms with Crippen molar-refractivity contribution in [3.05, 3.63) is 69.9 Å². The van der Waals surface area contributed by atoms with E-state index in [4.69, 9.17) is 11.6 Å². The van der Waals surface area contributed by atoms with Crippen LogP contribution < -0.4 is 14.9 Å². The van der Waals surface area contributed by atoms with Crippen LogP contribution in [0.1, 0.15) is 27.9 Å². The molecule has 2 aromatic carbocycles. The second-order valence-electron chi connectivity index (χ2n) is 7.92. The molecule has 0 spiro atoms. The minimum Gasteiger partial charge on any atom is -0.760 e. The molecule has 4 rings (SSSR count). The van der Waals surface area contributed by atoms with Gasteiger partial charge in [0.05, 0.1) is 28.0 Å². The predicted octanol–water partition coefficient (Wildman–Crippen LogP) is 3.12. The number of anilines is 1. The van der Waals surface area contributed by atoms with Gasteiger partial charge in [0, 0.05) is 54.9 Å². The lowest BCUT2D eigenvalue weighted by Gasteiger charge is -2.29. The first kappa shape index (κ1) is 24.6. The van der Waals surface area contributed by atoms with Gasteiger partial charge in [-0.1, -0.05) is 11.6 Å².